The number of likely N-dealkylation sites (tertiary alicyclic amines) is 1. The van der Waals surface area contributed by atoms with E-state index in [4.69, 9.17) is 0 Å². The van der Waals surface area contributed by atoms with E-state index in [9.17, 15) is 23.9 Å². The van der Waals surface area contributed by atoms with Crippen LogP contribution >= 0.6 is 0 Å². The maximum atomic E-state index is 14.4. The maximum Gasteiger partial charge on any atom is 0.255 e. The van der Waals surface area contributed by atoms with Gasteiger partial charge >= 0.3 is 0 Å². The number of carbonyl (C=O) groups is 1. The van der Waals surface area contributed by atoms with Crippen molar-refractivity contribution in [3.05, 3.63) is 95.6 Å². The van der Waals surface area contributed by atoms with E-state index >= 15 is 0 Å². The van der Waals surface area contributed by atoms with Crippen LogP contribution in [0.5, 0.6) is 0 Å². The number of aliphatic hydroxyl groups excluding tert-OH is 1. The molecule has 4 nitrogen and oxygen atoms in total. The lowest BCUT2D eigenvalue weighted by atomic mass is 9.73. The van der Waals surface area contributed by atoms with E-state index in [0.29, 0.717) is 16.7 Å². The Kier molecular flexibility index (Phi) is 5.30. The lowest BCUT2D eigenvalue weighted by molar-refractivity contribution is -0.00574. The Bertz CT molecular complexity index is 1140. The highest BCUT2D eigenvalue weighted by atomic mass is 19.1. The molecule has 1 aliphatic heterocycles. The predicted octanol–water partition coefficient (Wildman–Crippen LogP) is 4.12. The van der Waals surface area contributed by atoms with E-state index in [1.807, 2.05) is 0 Å². The number of amides is 1. The Morgan fingerprint density at radius 2 is 1.70 bits per heavy atom. The fourth-order valence-electron chi connectivity index (χ4n) is 4.14. The number of hydrogen-bond donors (Lipinski definition) is 1. The molecule has 0 spiro atoms. The molecular formula is C24H18F2N2O2. The average Bonchev–Trinajstić information content (AvgIpc) is 2.74. The van der Waals surface area contributed by atoms with E-state index in [1.54, 1.807) is 42.5 Å². The van der Waals surface area contributed by atoms with Crippen molar-refractivity contribution in [3.8, 4) is 17.2 Å². The minimum atomic E-state index is -0.870. The van der Waals surface area contributed by atoms with Crippen LogP contribution in [-0.2, 0) is 0 Å². The summed E-state index contributed by atoms with van der Waals surface area (Å²) in [5.41, 5.74) is 1.78. The van der Waals surface area contributed by atoms with Crippen LogP contribution in [0.25, 0.3) is 11.1 Å². The van der Waals surface area contributed by atoms with Crippen molar-refractivity contribution in [2.24, 2.45) is 0 Å². The molecule has 3 aromatic carbocycles. The van der Waals surface area contributed by atoms with Gasteiger partial charge in [0.05, 0.1) is 18.7 Å². The van der Waals surface area contributed by atoms with E-state index in [2.05, 4.69) is 6.07 Å². The summed E-state index contributed by atoms with van der Waals surface area (Å²) in [5, 5.41) is 19.8. The van der Waals surface area contributed by atoms with Crippen LogP contribution in [0.3, 0.4) is 0 Å². The molecule has 1 heterocycles. The Labute approximate surface area is 172 Å². The fourth-order valence-corrected chi connectivity index (χ4v) is 4.14. The third-order valence-corrected chi connectivity index (χ3v) is 5.52. The third kappa shape index (κ3) is 3.23. The summed E-state index contributed by atoms with van der Waals surface area (Å²) < 4.78 is 28.0. The van der Waals surface area contributed by atoms with Crippen LogP contribution in [0.4, 0.5) is 8.78 Å². The highest BCUT2D eigenvalue weighted by Gasteiger charge is 2.52. The van der Waals surface area contributed by atoms with Gasteiger partial charge in [-0.2, -0.15) is 5.26 Å². The smallest absolute Gasteiger partial charge is 0.255 e. The van der Waals surface area contributed by atoms with E-state index in [-0.39, 0.29) is 12.2 Å². The van der Waals surface area contributed by atoms with Gasteiger partial charge < -0.3 is 10.0 Å². The number of aliphatic hydroxyl groups is 1. The summed E-state index contributed by atoms with van der Waals surface area (Å²) >= 11 is 0. The molecule has 3 atom stereocenters. The van der Waals surface area contributed by atoms with Crippen LogP contribution in [0.15, 0.2) is 72.8 Å². The lowest BCUT2D eigenvalue weighted by Crippen LogP contribution is -2.65. The first-order valence-electron chi connectivity index (χ1n) is 9.49. The highest BCUT2D eigenvalue weighted by molar-refractivity contribution is 5.96. The Morgan fingerprint density at radius 1 is 1.00 bits per heavy atom. The fraction of sp³-hybridized carbons (Fsp3) is 0.167. The molecule has 1 fully saturated rings. The number of halogens is 2. The molecule has 0 unspecified atom stereocenters. The molecule has 1 N–H and O–H groups in total. The van der Waals surface area contributed by atoms with Gasteiger partial charge in [-0.3, -0.25) is 4.79 Å². The second-order valence-electron chi connectivity index (χ2n) is 7.14. The lowest BCUT2D eigenvalue weighted by Gasteiger charge is -2.52. The number of nitrogens with zero attached hydrogens (tertiary/aromatic N) is 2. The third-order valence-electron chi connectivity index (χ3n) is 5.52. The van der Waals surface area contributed by atoms with Crippen molar-refractivity contribution in [1.82, 2.24) is 4.90 Å². The van der Waals surface area contributed by atoms with Gasteiger partial charge in [0.25, 0.3) is 5.91 Å². The summed E-state index contributed by atoms with van der Waals surface area (Å²) in [4.78, 5) is 14.2. The first kappa shape index (κ1) is 19.7. The van der Waals surface area contributed by atoms with Gasteiger partial charge in [0, 0.05) is 17.0 Å². The molecule has 1 aliphatic rings. The second-order valence-corrected chi connectivity index (χ2v) is 7.14. The average molecular weight is 404 g/mol. The van der Waals surface area contributed by atoms with Crippen LogP contribution in [0.2, 0.25) is 0 Å². The summed E-state index contributed by atoms with van der Waals surface area (Å²) in [6.07, 6.45) is 0. The van der Waals surface area contributed by atoms with Crippen molar-refractivity contribution < 1.29 is 18.7 Å². The Balaban J connectivity index is 1.74. The summed E-state index contributed by atoms with van der Waals surface area (Å²) in [6.45, 7) is -0.379. The number of rotatable bonds is 4. The quantitative estimate of drug-likeness (QED) is 0.711. The van der Waals surface area contributed by atoms with Crippen molar-refractivity contribution in [3.63, 3.8) is 0 Å². The molecule has 0 saturated carbocycles. The molecule has 6 heteroatoms. The molecule has 4 rings (SSSR count). The second kappa shape index (κ2) is 8.05. The molecule has 0 bridgehead atoms. The van der Waals surface area contributed by atoms with Crippen molar-refractivity contribution in [2.75, 3.05) is 6.61 Å². The van der Waals surface area contributed by atoms with E-state index in [1.165, 1.54) is 29.2 Å². The number of hydrogen-bond acceptors (Lipinski definition) is 3. The minimum absolute atomic E-state index is 0.106. The number of nitriles is 1. The first-order chi connectivity index (χ1) is 14.6. The van der Waals surface area contributed by atoms with Crippen LogP contribution < -0.4 is 0 Å². The van der Waals surface area contributed by atoms with Crippen LogP contribution in [0, 0.1) is 23.0 Å². The van der Waals surface area contributed by atoms with Gasteiger partial charge in [0.15, 0.2) is 0 Å². The zero-order chi connectivity index (χ0) is 21.3. The predicted molar refractivity (Wildman–Crippen MR) is 107 cm³/mol. The number of carbonyl (C=O) groups excluding carboxylic acids is 1. The molecule has 150 valence electrons. The molecule has 3 aromatic rings. The minimum Gasteiger partial charge on any atom is -0.394 e. The summed E-state index contributed by atoms with van der Waals surface area (Å²) in [5.74, 6) is -1.99. The maximum absolute atomic E-state index is 14.4. The van der Waals surface area contributed by atoms with E-state index < -0.39 is 35.5 Å². The van der Waals surface area contributed by atoms with Crippen molar-refractivity contribution >= 4 is 5.91 Å². The number of benzene rings is 3. The van der Waals surface area contributed by atoms with Gasteiger partial charge in [-0.05, 0) is 35.4 Å². The molecule has 30 heavy (non-hydrogen) atoms. The molecular weight excluding hydrogens is 386 g/mol. The molecule has 0 aliphatic carbocycles. The van der Waals surface area contributed by atoms with Gasteiger partial charge in [-0.15, -0.1) is 0 Å². The van der Waals surface area contributed by atoms with Gasteiger partial charge in [-0.25, -0.2) is 8.78 Å². The SMILES string of the molecule is N#C[C@@H]1[C@H](c2ccccc2-c2ccccc2F)[C@H](CO)N1C(=O)c1cccc(F)c1. The monoisotopic (exact) mass is 404 g/mol. The summed E-state index contributed by atoms with van der Waals surface area (Å²) in [6, 6.07) is 19.2. The first-order valence-corrected chi connectivity index (χ1v) is 9.49. The van der Waals surface area contributed by atoms with Gasteiger partial charge in [-0.1, -0.05) is 48.5 Å². The topological polar surface area (TPSA) is 64.3 Å². The van der Waals surface area contributed by atoms with Crippen molar-refractivity contribution in [2.45, 2.75) is 18.0 Å². The zero-order valence-electron chi connectivity index (χ0n) is 15.9. The van der Waals surface area contributed by atoms with Gasteiger partial charge in [0.2, 0.25) is 0 Å². The van der Waals surface area contributed by atoms with Crippen LogP contribution in [0.1, 0.15) is 21.8 Å². The molecule has 0 radical (unpaired) electrons. The van der Waals surface area contributed by atoms with Gasteiger partial charge in [0.1, 0.15) is 17.7 Å². The van der Waals surface area contributed by atoms with Crippen molar-refractivity contribution in [1.29, 1.82) is 5.26 Å². The summed E-state index contributed by atoms with van der Waals surface area (Å²) in [7, 11) is 0. The largest absolute Gasteiger partial charge is 0.394 e. The van der Waals surface area contributed by atoms with Crippen LogP contribution in [-0.4, -0.2) is 34.6 Å². The Morgan fingerprint density at radius 3 is 2.37 bits per heavy atom. The molecule has 1 amide bonds. The normalized spacial score (nSPS) is 20.3. The Hall–Kier alpha value is -3.56. The highest BCUT2D eigenvalue weighted by Crippen LogP contribution is 2.45. The van der Waals surface area contributed by atoms with E-state index in [0.717, 1.165) is 6.07 Å². The standard InChI is InChI=1S/C24H18F2N2O2/c25-16-7-5-6-15(12-16)24(30)28-21(13-27)23(22(28)14-29)19-10-2-1-8-17(19)18-9-3-4-11-20(18)26/h1-12,21-23,29H,14H2/t21-,22+,23+/m1/s1. The zero-order valence-corrected chi connectivity index (χ0v) is 15.9. The molecule has 1 saturated heterocycles. The molecule has 0 aromatic heterocycles.